The van der Waals surface area contributed by atoms with E-state index in [4.69, 9.17) is 4.74 Å². The molecule has 0 aromatic heterocycles. The van der Waals surface area contributed by atoms with Crippen molar-refractivity contribution in [3.63, 3.8) is 0 Å². The monoisotopic (exact) mass is 327 g/mol. The van der Waals surface area contributed by atoms with Crippen molar-refractivity contribution in [2.24, 2.45) is 0 Å². The summed E-state index contributed by atoms with van der Waals surface area (Å²) in [6, 6.07) is 13.9. The summed E-state index contributed by atoms with van der Waals surface area (Å²) in [5, 5.41) is 2.76. The molecule has 0 spiro atoms. The Labute approximate surface area is 142 Å². The highest BCUT2D eigenvalue weighted by atomic mass is 19.1. The van der Waals surface area contributed by atoms with Crippen LogP contribution in [-0.4, -0.2) is 19.1 Å². The third-order valence-corrected chi connectivity index (χ3v) is 3.50. The van der Waals surface area contributed by atoms with Gasteiger partial charge in [-0.15, -0.1) is 0 Å². The number of halogens is 1. The fourth-order valence-corrected chi connectivity index (χ4v) is 2.23. The minimum Gasteiger partial charge on any atom is -0.491 e. The van der Waals surface area contributed by atoms with E-state index in [2.05, 4.69) is 19.2 Å². The summed E-state index contributed by atoms with van der Waals surface area (Å²) in [6.07, 6.45) is 3.07. The maximum atomic E-state index is 12.8. The van der Waals surface area contributed by atoms with E-state index in [1.165, 1.54) is 18.2 Å². The maximum Gasteiger partial charge on any atom is 0.244 e. The molecule has 0 unspecified atom stereocenters. The molecule has 0 heterocycles. The Hall–Kier alpha value is -2.62. The van der Waals surface area contributed by atoms with Crippen LogP contribution in [0.15, 0.2) is 54.6 Å². The van der Waals surface area contributed by atoms with Crippen molar-refractivity contribution in [2.75, 3.05) is 13.2 Å². The zero-order valence-electron chi connectivity index (χ0n) is 14.0. The molecule has 3 nitrogen and oxygen atoms in total. The van der Waals surface area contributed by atoms with Gasteiger partial charge in [-0.2, -0.15) is 0 Å². The van der Waals surface area contributed by atoms with Crippen LogP contribution in [0.2, 0.25) is 0 Å². The second kappa shape index (κ2) is 8.87. The first kappa shape index (κ1) is 17.7. The van der Waals surface area contributed by atoms with Gasteiger partial charge in [0.2, 0.25) is 5.91 Å². The minimum atomic E-state index is -0.296. The number of amides is 1. The zero-order valence-corrected chi connectivity index (χ0v) is 14.0. The van der Waals surface area contributed by atoms with Crippen LogP contribution in [0.4, 0.5) is 4.39 Å². The Balaban J connectivity index is 1.76. The van der Waals surface area contributed by atoms with Gasteiger partial charge in [-0.1, -0.05) is 44.2 Å². The summed E-state index contributed by atoms with van der Waals surface area (Å²) in [7, 11) is 0. The van der Waals surface area contributed by atoms with Crippen molar-refractivity contribution in [1.82, 2.24) is 5.32 Å². The molecule has 0 bridgehead atoms. The fraction of sp³-hybridized carbons (Fsp3) is 0.250. The van der Waals surface area contributed by atoms with E-state index < -0.39 is 0 Å². The van der Waals surface area contributed by atoms with Gasteiger partial charge in [-0.3, -0.25) is 4.79 Å². The van der Waals surface area contributed by atoms with E-state index in [0.717, 1.165) is 16.9 Å². The number of hydrogen-bond donors (Lipinski definition) is 1. The number of rotatable bonds is 7. The highest BCUT2D eigenvalue weighted by Crippen LogP contribution is 2.25. The first-order valence-electron chi connectivity index (χ1n) is 7.99. The minimum absolute atomic E-state index is 0.208. The predicted molar refractivity (Wildman–Crippen MR) is 94.5 cm³/mol. The van der Waals surface area contributed by atoms with Crippen LogP contribution in [0.3, 0.4) is 0 Å². The number of carbonyl (C=O) groups excluding carboxylic acids is 1. The third kappa shape index (κ3) is 5.54. The standard InChI is InChI=1S/C20H22FNO2/c1-15(2)18-5-3-4-6-19(18)24-14-13-22-20(23)12-9-16-7-10-17(21)11-8-16/h3-12,15H,13-14H2,1-2H3,(H,22,23)/b12-9+. The summed E-state index contributed by atoms with van der Waals surface area (Å²) in [4.78, 5) is 11.7. The van der Waals surface area contributed by atoms with Crippen LogP contribution in [0.1, 0.15) is 30.9 Å². The van der Waals surface area contributed by atoms with E-state index in [9.17, 15) is 9.18 Å². The van der Waals surface area contributed by atoms with Gasteiger partial charge in [-0.25, -0.2) is 4.39 Å². The molecule has 2 aromatic carbocycles. The quantitative estimate of drug-likeness (QED) is 0.612. The topological polar surface area (TPSA) is 38.3 Å². The van der Waals surface area contributed by atoms with Gasteiger partial charge >= 0.3 is 0 Å². The van der Waals surface area contributed by atoms with Gasteiger partial charge < -0.3 is 10.1 Å². The lowest BCUT2D eigenvalue weighted by Gasteiger charge is -2.13. The van der Waals surface area contributed by atoms with Crippen LogP contribution >= 0.6 is 0 Å². The van der Waals surface area contributed by atoms with Gasteiger partial charge in [-0.05, 0) is 41.3 Å². The smallest absolute Gasteiger partial charge is 0.244 e. The molecular weight excluding hydrogens is 305 g/mol. The van der Waals surface area contributed by atoms with Crippen LogP contribution in [0.25, 0.3) is 6.08 Å². The highest BCUT2D eigenvalue weighted by molar-refractivity contribution is 5.91. The van der Waals surface area contributed by atoms with Gasteiger partial charge in [0, 0.05) is 6.08 Å². The first-order chi connectivity index (χ1) is 11.6. The Morgan fingerprint density at radius 3 is 2.58 bits per heavy atom. The number of ether oxygens (including phenoxy) is 1. The molecular formula is C20H22FNO2. The average Bonchev–Trinajstić information content (AvgIpc) is 2.58. The summed E-state index contributed by atoms with van der Waals surface area (Å²) in [5.74, 6) is 0.730. The van der Waals surface area contributed by atoms with E-state index in [1.807, 2.05) is 24.3 Å². The molecule has 0 fully saturated rings. The van der Waals surface area contributed by atoms with E-state index in [0.29, 0.717) is 19.1 Å². The molecule has 0 saturated carbocycles. The molecule has 24 heavy (non-hydrogen) atoms. The van der Waals surface area contributed by atoms with Gasteiger partial charge in [0.05, 0.1) is 6.54 Å². The molecule has 0 aliphatic rings. The lowest BCUT2D eigenvalue weighted by molar-refractivity contribution is -0.116. The molecule has 0 saturated heterocycles. The van der Waals surface area contributed by atoms with Crippen molar-refractivity contribution < 1.29 is 13.9 Å². The molecule has 126 valence electrons. The SMILES string of the molecule is CC(C)c1ccccc1OCCNC(=O)/C=C/c1ccc(F)cc1. The average molecular weight is 327 g/mol. The zero-order chi connectivity index (χ0) is 17.4. The van der Waals surface area contributed by atoms with E-state index in [-0.39, 0.29) is 11.7 Å². The highest BCUT2D eigenvalue weighted by Gasteiger charge is 2.06. The summed E-state index contributed by atoms with van der Waals surface area (Å²) < 4.78 is 18.5. The fourth-order valence-electron chi connectivity index (χ4n) is 2.23. The van der Waals surface area contributed by atoms with E-state index >= 15 is 0 Å². The summed E-state index contributed by atoms with van der Waals surface area (Å²) >= 11 is 0. The van der Waals surface area contributed by atoms with Crippen molar-refractivity contribution >= 4 is 12.0 Å². The second-order valence-corrected chi connectivity index (χ2v) is 5.72. The molecule has 0 aliphatic carbocycles. The summed E-state index contributed by atoms with van der Waals surface area (Å²) in [5.41, 5.74) is 1.92. The lowest BCUT2D eigenvalue weighted by atomic mass is 10.0. The van der Waals surface area contributed by atoms with Crippen molar-refractivity contribution in [2.45, 2.75) is 19.8 Å². The molecule has 0 aliphatic heterocycles. The Kier molecular flexibility index (Phi) is 6.55. The van der Waals surface area contributed by atoms with Crippen molar-refractivity contribution in [3.8, 4) is 5.75 Å². The number of hydrogen-bond acceptors (Lipinski definition) is 2. The van der Waals surface area contributed by atoms with Crippen LogP contribution in [-0.2, 0) is 4.79 Å². The number of para-hydroxylation sites is 1. The number of carbonyl (C=O) groups is 1. The third-order valence-electron chi connectivity index (χ3n) is 3.50. The van der Waals surface area contributed by atoms with Crippen LogP contribution in [0.5, 0.6) is 5.75 Å². The normalized spacial score (nSPS) is 11.0. The summed E-state index contributed by atoms with van der Waals surface area (Å²) in [6.45, 7) is 5.05. The van der Waals surface area contributed by atoms with Crippen LogP contribution in [0, 0.1) is 5.82 Å². The number of nitrogens with one attached hydrogen (secondary N) is 1. The van der Waals surface area contributed by atoms with Gasteiger partial charge in [0.25, 0.3) is 0 Å². The van der Waals surface area contributed by atoms with Gasteiger partial charge in [0.15, 0.2) is 0 Å². The lowest BCUT2D eigenvalue weighted by Crippen LogP contribution is -2.26. The molecule has 1 amide bonds. The molecule has 2 aromatic rings. The maximum absolute atomic E-state index is 12.8. The molecule has 1 N–H and O–H groups in total. The van der Waals surface area contributed by atoms with Crippen molar-refractivity contribution in [1.29, 1.82) is 0 Å². The molecule has 0 atom stereocenters. The number of benzene rings is 2. The second-order valence-electron chi connectivity index (χ2n) is 5.72. The first-order valence-corrected chi connectivity index (χ1v) is 7.99. The largest absolute Gasteiger partial charge is 0.491 e. The molecule has 0 radical (unpaired) electrons. The van der Waals surface area contributed by atoms with Gasteiger partial charge in [0.1, 0.15) is 18.2 Å². The Morgan fingerprint density at radius 1 is 1.17 bits per heavy atom. The molecule has 2 rings (SSSR count). The molecule has 4 heteroatoms. The van der Waals surface area contributed by atoms with E-state index in [1.54, 1.807) is 18.2 Å². The predicted octanol–water partition coefficient (Wildman–Crippen LogP) is 4.16. The Bertz CT molecular complexity index is 693. The van der Waals surface area contributed by atoms with Crippen molar-refractivity contribution in [3.05, 3.63) is 71.6 Å². The van der Waals surface area contributed by atoms with Crippen LogP contribution < -0.4 is 10.1 Å². The Morgan fingerprint density at radius 2 is 1.88 bits per heavy atom.